The lowest BCUT2D eigenvalue weighted by Crippen LogP contribution is -2.48. The number of hydrogen-bond acceptors (Lipinski definition) is 5. The van der Waals surface area contributed by atoms with E-state index < -0.39 is 21.6 Å². The Morgan fingerprint density at radius 2 is 1.56 bits per heavy atom. The number of benzene rings is 3. The maximum Gasteiger partial charge on any atom is 0.416 e. The summed E-state index contributed by atoms with van der Waals surface area (Å²) in [6, 6.07) is 18.5. The molecule has 1 aliphatic rings. The Morgan fingerprint density at radius 1 is 0.917 bits per heavy atom. The molecule has 0 atom stereocenters. The molecule has 1 heterocycles. The molecule has 1 saturated heterocycles. The summed E-state index contributed by atoms with van der Waals surface area (Å²) < 4.78 is 68.7. The van der Waals surface area contributed by atoms with Crippen LogP contribution in [0.25, 0.3) is 0 Å². The molecule has 6 nitrogen and oxygen atoms in total. The van der Waals surface area contributed by atoms with Crippen molar-refractivity contribution in [3.63, 3.8) is 0 Å². The molecule has 0 bridgehead atoms. The fraction of sp³-hybridized carbons (Fsp3) is 0.269. The Labute approximate surface area is 207 Å². The summed E-state index contributed by atoms with van der Waals surface area (Å²) in [5.74, 6) is -0.0861. The third kappa shape index (κ3) is 5.99. The number of rotatable bonds is 6. The van der Waals surface area contributed by atoms with Gasteiger partial charge in [0.15, 0.2) is 9.84 Å². The lowest BCUT2D eigenvalue weighted by Gasteiger charge is -2.36. The van der Waals surface area contributed by atoms with Crippen LogP contribution in [-0.4, -0.2) is 51.7 Å². The Kier molecular flexibility index (Phi) is 7.26. The maximum absolute atomic E-state index is 13.4. The highest BCUT2D eigenvalue weighted by Crippen LogP contribution is 2.31. The molecule has 3 aromatic carbocycles. The number of piperazine rings is 1. The fourth-order valence-electron chi connectivity index (χ4n) is 3.97. The molecule has 0 radical (unpaired) electrons. The predicted octanol–water partition coefficient (Wildman–Crippen LogP) is 4.65. The Morgan fingerprint density at radius 3 is 2.14 bits per heavy atom. The minimum atomic E-state index is -4.40. The number of hydrogen-bond donors (Lipinski definition) is 0. The number of nitrogens with zero attached hydrogens (tertiary/aromatic N) is 2. The summed E-state index contributed by atoms with van der Waals surface area (Å²) >= 11 is 0. The van der Waals surface area contributed by atoms with E-state index in [0.29, 0.717) is 31.9 Å². The maximum atomic E-state index is 13.4. The van der Waals surface area contributed by atoms with Crippen LogP contribution in [0.1, 0.15) is 21.5 Å². The average Bonchev–Trinajstić information content (AvgIpc) is 2.87. The van der Waals surface area contributed by atoms with Crippen LogP contribution < -0.4 is 9.64 Å². The molecular weight excluding hydrogens is 493 g/mol. The average molecular weight is 519 g/mol. The molecule has 0 unspecified atom stereocenters. The van der Waals surface area contributed by atoms with Crippen LogP contribution in [0.3, 0.4) is 0 Å². The Bertz CT molecular complexity index is 1320. The van der Waals surface area contributed by atoms with Gasteiger partial charge in [-0.15, -0.1) is 0 Å². The zero-order valence-corrected chi connectivity index (χ0v) is 20.3. The van der Waals surface area contributed by atoms with Gasteiger partial charge in [-0.3, -0.25) is 4.79 Å². The van der Waals surface area contributed by atoms with Gasteiger partial charge in [-0.1, -0.05) is 30.3 Å². The van der Waals surface area contributed by atoms with Crippen LogP contribution in [-0.2, 0) is 22.6 Å². The first kappa shape index (κ1) is 25.6. The molecule has 1 amide bonds. The predicted molar refractivity (Wildman–Crippen MR) is 130 cm³/mol. The molecule has 190 valence electrons. The fourth-order valence-corrected chi connectivity index (χ4v) is 4.61. The van der Waals surface area contributed by atoms with Crippen molar-refractivity contribution < 1.29 is 31.1 Å². The first-order chi connectivity index (χ1) is 17.0. The van der Waals surface area contributed by atoms with E-state index in [-0.39, 0.29) is 28.7 Å². The minimum Gasteiger partial charge on any atom is -0.488 e. The summed E-state index contributed by atoms with van der Waals surface area (Å²) in [6.45, 7) is 1.69. The van der Waals surface area contributed by atoms with Crippen molar-refractivity contribution in [2.45, 2.75) is 17.7 Å². The van der Waals surface area contributed by atoms with Crippen molar-refractivity contribution >= 4 is 21.4 Å². The van der Waals surface area contributed by atoms with E-state index in [0.717, 1.165) is 24.0 Å². The van der Waals surface area contributed by atoms with Crippen molar-refractivity contribution in [1.82, 2.24) is 4.90 Å². The zero-order chi connectivity index (χ0) is 25.9. The molecule has 0 aliphatic carbocycles. The van der Waals surface area contributed by atoms with Crippen LogP contribution in [0.15, 0.2) is 77.7 Å². The van der Waals surface area contributed by atoms with Crippen molar-refractivity contribution in [2.24, 2.45) is 0 Å². The molecule has 0 N–H and O–H groups in total. The van der Waals surface area contributed by atoms with Crippen molar-refractivity contribution in [3.05, 3.63) is 89.5 Å². The molecule has 1 fully saturated rings. The number of ether oxygens (including phenoxy) is 1. The number of carbonyl (C=O) groups excluding carboxylic acids is 1. The van der Waals surface area contributed by atoms with Gasteiger partial charge in [-0.05, 0) is 48.0 Å². The van der Waals surface area contributed by atoms with Gasteiger partial charge in [0.1, 0.15) is 12.4 Å². The van der Waals surface area contributed by atoms with E-state index in [1.807, 2.05) is 35.2 Å². The van der Waals surface area contributed by atoms with E-state index in [1.54, 1.807) is 4.90 Å². The van der Waals surface area contributed by atoms with Gasteiger partial charge >= 0.3 is 6.18 Å². The third-order valence-corrected chi connectivity index (χ3v) is 7.08. The Hall–Kier alpha value is -3.53. The van der Waals surface area contributed by atoms with E-state index in [2.05, 4.69) is 0 Å². The molecule has 0 spiro atoms. The van der Waals surface area contributed by atoms with E-state index in [9.17, 15) is 26.4 Å². The molecule has 4 rings (SSSR count). The monoisotopic (exact) mass is 518 g/mol. The van der Waals surface area contributed by atoms with Crippen molar-refractivity contribution in [2.75, 3.05) is 37.3 Å². The van der Waals surface area contributed by atoms with E-state index >= 15 is 0 Å². The van der Waals surface area contributed by atoms with Crippen LogP contribution in [0, 0.1) is 0 Å². The smallest absolute Gasteiger partial charge is 0.416 e. The molecular formula is C26H25F3N2O4S. The molecule has 0 aromatic heterocycles. The second-order valence-corrected chi connectivity index (χ2v) is 10.5. The number of halogens is 3. The largest absolute Gasteiger partial charge is 0.488 e. The van der Waals surface area contributed by atoms with Crippen molar-refractivity contribution in [3.8, 4) is 5.75 Å². The summed E-state index contributed by atoms with van der Waals surface area (Å²) in [7, 11) is -3.55. The number of carbonyl (C=O) groups is 1. The number of amides is 1. The van der Waals surface area contributed by atoms with Gasteiger partial charge in [-0.25, -0.2) is 8.42 Å². The summed E-state index contributed by atoms with van der Waals surface area (Å²) in [6.07, 6.45) is -3.33. The molecule has 0 saturated carbocycles. The quantitative estimate of drug-likeness (QED) is 0.475. The molecule has 1 aliphatic heterocycles. The summed E-state index contributed by atoms with van der Waals surface area (Å²) in [4.78, 5) is 16.9. The van der Waals surface area contributed by atoms with Gasteiger partial charge in [-0.2, -0.15) is 13.2 Å². The minimum absolute atomic E-state index is 0.0151. The number of alkyl halides is 3. The van der Waals surface area contributed by atoms with Crippen molar-refractivity contribution in [1.29, 1.82) is 0 Å². The van der Waals surface area contributed by atoms with Crippen LogP contribution in [0.4, 0.5) is 18.9 Å². The van der Waals surface area contributed by atoms with Crippen LogP contribution in [0.5, 0.6) is 5.75 Å². The SMILES string of the molecule is CS(=O)(=O)c1ccc(OCc2ccccc2)c(C(=O)N2CCN(c3ccc(C(F)(F)F)cc3)CC2)c1. The first-order valence-electron chi connectivity index (χ1n) is 11.2. The molecule has 36 heavy (non-hydrogen) atoms. The highest BCUT2D eigenvalue weighted by atomic mass is 32.2. The summed E-state index contributed by atoms with van der Waals surface area (Å²) in [5.41, 5.74) is 0.972. The zero-order valence-electron chi connectivity index (χ0n) is 19.5. The lowest BCUT2D eigenvalue weighted by atomic mass is 10.1. The lowest BCUT2D eigenvalue weighted by molar-refractivity contribution is -0.137. The van der Waals surface area contributed by atoms with Crippen LogP contribution >= 0.6 is 0 Å². The molecule has 10 heteroatoms. The van der Waals surface area contributed by atoms with Gasteiger partial charge < -0.3 is 14.5 Å². The number of sulfone groups is 1. The standard InChI is InChI=1S/C26H25F3N2O4S/c1-36(33,34)22-11-12-24(35-18-19-5-3-2-4-6-19)23(17-22)25(32)31-15-13-30(14-16-31)21-9-7-20(8-10-21)26(27,28)29/h2-12,17H,13-16,18H2,1H3. The normalized spacial score (nSPS) is 14.6. The second-order valence-electron chi connectivity index (χ2n) is 8.53. The highest BCUT2D eigenvalue weighted by molar-refractivity contribution is 7.90. The second kappa shape index (κ2) is 10.2. The van der Waals surface area contributed by atoms with E-state index in [4.69, 9.17) is 4.74 Å². The molecule has 3 aromatic rings. The summed E-state index contributed by atoms with van der Waals surface area (Å²) in [5, 5.41) is 0. The number of anilines is 1. The van der Waals surface area contributed by atoms with Gasteiger partial charge in [0.25, 0.3) is 5.91 Å². The topological polar surface area (TPSA) is 66.9 Å². The third-order valence-electron chi connectivity index (χ3n) is 5.97. The van der Waals surface area contributed by atoms with E-state index in [1.165, 1.54) is 30.3 Å². The van der Waals surface area contributed by atoms with Gasteiger partial charge in [0.05, 0.1) is 16.0 Å². The first-order valence-corrected chi connectivity index (χ1v) is 13.1. The van der Waals surface area contributed by atoms with Gasteiger partial charge in [0.2, 0.25) is 0 Å². The Balaban J connectivity index is 1.49. The highest BCUT2D eigenvalue weighted by Gasteiger charge is 2.31. The van der Waals surface area contributed by atoms with Gasteiger partial charge in [0, 0.05) is 38.1 Å². The van der Waals surface area contributed by atoms with Crippen LogP contribution in [0.2, 0.25) is 0 Å².